The lowest BCUT2D eigenvalue weighted by atomic mass is 9.94. The smallest absolute Gasteiger partial charge is 0.0596 e. The molecule has 0 aliphatic carbocycles. The summed E-state index contributed by atoms with van der Waals surface area (Å²) < 4.78 is 1.96. The fraction of sp³-hybridized carbons (Fsp3) is 0.438. The van der Waals surface area contributed by atoms with Crippen molar-refractivity contribution in [3.63, 3.8) is 0 Å². The molecule has 3 nitrogen and oxygen atoms in total. The molecule has 1 aromatic carbocycles. The molecule has 0 spiro atoms. The second-order valence-corrected chi connectivity index (χ2v) is 5.54. The Kier molecular flexibility index (Phi) is 5.21. The third kappa shape index (κ3) is 3.62. The van der Waals surface area contributed by atoms with Crippen LogP contribution in [0.3, 0.4) is 0 Å². The largest absolute Gasteiger partial charge is 0.316 e. The van der Waals surface area contributed by atoms with Crippen LogP contribution in [0, 0.1) is 6.92 Å². The number of nitrogens with zero attached hydrogens (tertiary/aromatic N) is 2. The molecule has 1 unspecified atom stereocenters. The van der Waals surface area contributed by atoms with Crippen molar-refractivity contribution in [1.29, 1.82) is 0 Å². The number of aromatic nitrogens is 2. The van der Waals surface area contributed by atoms with Gasteiger partial charge >= 0.3 is 0 Å². The minimum Gasteiger partial charge on any atom is -0.316 e. The van der Waals surface area contributed by atoms with Crippen LogP contribution in [0.4, 0.5) is 0 Å². The lowest BCUT2D eigenvalue weighted by Gasteiger charge is -2.19. The summed E-state index contributed by atoms with van der Waals surface area (Å²) in [4.78, 5) is 0. The van der Waals surface area contributed by atoms with Crippen LogP contribution in [0.1, 0.15) is 29.8 Å². The maximum atomic E-state index is 6.36. The van der Waals surface area contributed by atoms with Crippen molar-refractivity contribution in [3.05, 3.63) is 52.3 Å². The minimum atomic E-state index is 0.360. The molecule has 0 fully saturated rings. The first-order chi connectivity index (χ1) is 9.61. The number of hydrogen-bond acceptors (Lipinski definition) is 2. The van der Waals surface area contributed by atoms with Gasteiger partial charge < -0.3 is 5.32 Å². The second kappa shape index (κ2) is 6.91. The lowest BCUT2D eigenvalue weighted by molar-refractivity contribution is 0.570. The van der Waals surface area contributed by atoms with Crippen molar-refractivity contribution in [1.82, 2.24) is 15.1 Å². The van der Waals surface area contributed by atoms with E-state index in [9.17, 15) is 0 Å². The highest BCUT2D eigenvalue weighted by Crippen LogP contribution is 2.27. The number of hydrogen-bond donors (Lipinski definition) is 1. The highest BCUT2D eigenvalue weighted by atomic mass is 35.5. The highest BCUT2D eigenvalue weighted by molar-refractivity contribution is 6.31. The predicted octanol–water partition coefficient (Wildman–Crippen LogP) is 3.32. The zero-order valence-corrected chi connectivity index (χ0v) is 13.1. The zero-order valence-electron chi connectivity index (χ0n) is 12.4. The van der Waals surface area contributed by atoms with E-state index in [1.165, 1.54) is 11.3 Å². The van der Waals surface area contributed by atoms with Gasteiger partial charge in [0.05, 0.1) is 5.69 Å². The topological polar surface area (TPSA) is 29.9 Å². The van der Waals surface area contributed by atoms with Crippen molar-refractivity contribution < 1.29 is 0 Å². The van der Waals surface area contributed by atoms with Gasteiger partial charge in [0.1, 0.15) is 0 Å². The Hall–Kier alpha value is -1.32. The third-order valence-corrected chi connectivity index (χ3v) is 3.88. The second-order valence-electron chi connectivity index (χ2n) is 5.13. The van der Waals surface area contributed by atoms with Crippen LogP contribution in [0.25, 0.3) is 0 Å². The molecule has 0 bridgehead atoms. The summed E-state index contributed by atoms with van der Waals surface area (Å²) in [7, 11) is 2.00. The van der Waals surface area contributed by atoms with Gasteiger partial charge in [0, 0.05) is 30.2 Å². The van der Waals surface area contributed by atoms with Crippen LogP contribution >= 0.6 is 11.6 Å². The summed E-state index contributed by atoms with van der Waals surface area (Å²) in [6, 6.07) is 10.3. The minimum absolute atomic E-state index is 0.360. The third-order valence-electron chi connectivity index (χ3n) is 3.54. The molecule has 2 rings (SSSR count). The van der Waals surface area contributed by atoms with E-state index in [0.717, 1.165) is 30.2 Å². The molecule has 0 aliphatic rings. The van der Waals surface area contributed by atoms with E-state index < -0.39 is 0 Å². The number of likely N-dealkylation sites (N-methyl/N-ethyl adjacent to an activating group) is 1. The average molecular weight is 292 g/mol. The van der Waals surface area contributed by atoms with Gasteiger partial charge in [0.2, 0.25) is 0 Å². The molecule has 0 saturated heterocycles. The molecule has 108 valence electrons. The van der Waals surface area contributed by atoms with Gasteiger partial charge in [-0.25, -0.2) is 0 Å². The molecule has 1 atom stereocenters. The fourth-order valence-electron chi connectivity index (χ4n) is 2.52. The number of rotatable bonds is 6. The first-order valence-electron chi connectivity index (χ1n) is 7.06. The average Bonchev–Trinajstić information content (AvgIpc) is 2.73. The lowest BCUT2D eigenvalue weighted by Crippen LogP contribution is -2.23. The van der Waals surface area contributed by atoms with Crippen LogP contribution in [-0.4, -0.2) is 22.9 Å². The SMILES string of the molecule is CCNCC(Cc1cc(C)nn1C)c1ccccc1Cl. The van der Waals surface area contributed by atoms with Crippen LogP contribution in [0.2, 0.25) is 5.02 Å². The number of benzene rings is 1. The van der Waals surface area contributed by atoms with Crippen molar-refractivity contribution in [3.8, 4) is 0 Å². The van der Waals surface area contributed by atoms with Gasteiger partial charge in [-0.15, -0.1) is 0 Å². The summed E-state index contributed by atoms with van der Waals surface area (Å²) in [5.74, 6) is 0.360. The Bertz CT molecular complexity index is 563. The van der Waals surface area contributed by atoms with Gasteiger partial charge in [-0.3, -0.25) is 4.68 Å². The molecule has 1 heterocycles. The maximum absolute atomic E-state index is 6.36. The van der Waals surface area contributed by atoms with E-state index in [4.69, 9.17) is 11.6 Å². The van der Waals surface area contributed by atoms with Gasteiger partial charge in [0.25, 0.3) is 0 Å². The fourth-order valence-corrected chi connectivity index (χ4v) is 2.81. The van der Waals surface area contributed by atoms with E-state index in [1.807, 2.05) is 30.8 Å². The first kappa shape index (κ1) is 15.1. The van der Waals surface area contributed by atoms with Crippen LogP contribution in [0.5, 0.6) is 0 Å². The standard InChI is InChI=1S/C16H22ClN3/c1-4-18-11-13(15-7-5-6-8-16(15)17)10-14-9-12(2)19-20(14)3/h5-9,13,18H,4,10-11H2,1-3H3. The summed E-state index contributed by atoms with van der Waals surface area (Å²) in [6.07, 6.45) is 0.939. The van der Waals surface area contributed by atoms with Crippen molar-refractivity contribution >= 4 is 11.6 Å². The molecule has 1 N–H and O–H groups in total. The quantitative estimate of drug-likeness (QED) is 0.885. The Morgan fingerprint density at radius 1 is 1.35 bits per heavy atom. The van der Waals surface area contributed by atoms with E-state index in [-0.39, 0.29) is 0 Å². The molecule has 0 radical (unpaired) electrons. The highest BCUT2D eigenvalue weighted by Gasteiger charge is 2.17. The van der Waals surface area contributed by atoms with E-state index in [2.05, 4.69) is 35.5 Å². The molecular formula is C16H22ClN3. The molecule has 2 aromatic rings. The van der Waals surface area contributed by atoms with Crippen LogP contribution < -0.4 is 5.32 Å². The molecule has 0 amide bonds. The summed E-state index contributed by atoms with van der Waals surface area (Å²) >= 11 is 6.36. The zero-order chi connectivity index (χ0) is 14.5. The predicted molar refractivity (Wildman–Crippen MR) is 84.4 cm³/mol. The first-order valence-corrected chi connectivity index (χ1v) is 7.44. The molecule has 0 aliphatic heterocycles. The Morgan fingerprint density at radius 3 is 2.70 bits per heavy atom. The monoisotopic (exact) mass is 291 g/mol. The normalized spacial score (nSPS) is 12.6. The molecule has 20 heavy (non-hydrogen) atoms. The Balaban J connectivity index is 2.24. The molecule has 0 saturated carbocycles. The van der Waals surface area contributed by atoms with Crippen LogP contribution in [-0.2, 0) is 13.5 Å². The van der Waals surface area contributed by atoms with E-state index in [0.29, 0.717) is 5.92 Å². The Labute approximate surface area is 126 Å². The van der Waals surface area contributed by atoms with Crippen LogP contribution in [0.15, 0.2) is 30.3 Å². The summed E-state index contributed by atoms with van der Waals surface area (Å²) in [5.41, 5.74) is 3.50. The number of halogens is 1. The van der Waals surface area contributed by atoms with Gasteiger partial charge in [0.15, 0.2) is 0 Å². The van der Waals surface area contributed by atoms with Crippen molar-refractivity contribution in [2.75, 3.05) is 13.1 Å². The van der Waals surface area contributed by atoms with Gasteiger partial charge in [-0.1, -0.05) is 36.7 Å². The molecule has 4 heteroatoms. The molecular weight excluding hydrogens is 270 g/mol. The summed E-state index contributed by atoms with van der Waals surface area (Å²) in [6.45, 7) is 6.03. The van der Waals surface area contributed by atoms with Crippen molar-refractivity contribution in [2.24, 2.45) is 7.05 Å². The molecule has 1 aromatic heterocycles. The van der Waals surface area contributed by atoms with E-state index in [1.54, 1.807) is 0 Å². The summed E-state index contributed by atoms with van der Waals surface area (Å²) in [5, 5.41) is 8.70. The maximum Gasteiger partial charge on any atom is 0.0596 e. The Morgan fingerprint density at radius 2 is 2.10 bits per heavy atom. The number of aryl methyl sites for hydroxylation is 2. The van der Waals surface area contributed by atoms with Gasteiger partial charge in [-0.2, -0.15) is 5.10 Å². The number of nitrogens with one attached hydrogen (secondary N) is 1. The van der Waals surface area contributed by atoms with Gasteiger partial charge in [-0.05, 0) is 37.6 Å². The van der Waals surface area contributed by atoms with Crippen molar-refractivity contribution in [2.45, 2.75) is 26.2 Å². The van der Waals surface area contributed by atoms with E-state index >= 15 is 0 Å².